The van der Waals surface area contributed by atoms with Crippen molar-refractivity contribution in [3.63, 3.8) is 0 Å². The van der Waals surface area contributed by atoms with Crippen LogP contribution < -0.4 is 10.1 Å². The van der Waals surface area contributed by atoms with Gasteiger partial charge in [0.25, 0.3) is 5.91 Å². The van der Waals surface area contributed by atoms with E-state index in [-0.39, 0.29) is 5.91 Å². The molecule has 1 amide bonds. The van der Waals surface area contributed by atoms with Gasteiger partial charge in [0.2, 0.25) is 4.80 Å². The largest absolute Gasteiger partial charge is 0.320 e. The van der Waals surface area contributed by atoms with Gasteiger partial charge in [0, 0.05) is 18.0 Å². The Hall–Kier alpha value is -2.03. The fourth-order valence-corrected chi connectivity index (χ4v) is 4.72. The molecule has 5 nitrogen and oxygen atoms in total. The molecule has 0 spiro atoms. The van der Waals surface area contributed by atoms with E-state index in [1.165, 1.54) is 11.3 Å². The molecule has 0 saturated heterocycles. The van der Waals surface area contributed by atoms with Crippen LogP contribution in [0.15, 0.2) is 55.7 Å². The number of nitrogens with zero attached hydrogens (tertiary/aromatic N) is 3. The molecule has 3 aromatic rings. The standard InChI is InChI=1S/C16H11BrN4OS2/c1-18-16-21(11(8-23-16)12-6-7-13(17)24-12)20-14-9-4-2-3-5-10(9)19-15(14)22/h2-8H,1H3,(H,19,20,22). The minimum atomic E-state index is -0.199. The molecule has 0 bridgehead atoms. The van der Waals surface area contributed by atoms with Crippen molar-refractivity contribution in [3.05, 3.63) is 55.9 Å². The highest BCUT2D eigenvalue weighted by atomic mass is 79.9. The summed E-state index contributed by atoms with van der Waals surface area (Å²) in [6, 6.07) is 11.6. The molecular formula is C16H11BrN4OS2. The van der Waals surface area contributed by atoms with Gasteiger partial charge in [-0.05, 0) is 34.1 Å². The summed E-state index contributed by atoms with van der Waals surface area (Å²) in [7, 11) is 1.72. The number of para-hydroxylation sites is 1. The molecule has 1 aromatic carbocycles. The van der Waals surface area contributed by atoms with Crippen LogP contribution in [0.1, 0.15) is 5.56 Å². The van der Waals surface area contributed by atoms with Crippen LogP contribution in [0.5, 0.6) is 0 Å². The lowest BCUT2D eigenvalue weighted by Crippen LogP contribution is -2.19. The van der Waals surface area contributed by atoms with E-state index in [4.69, 9.17) is 0 Å². The number of anilines is 1. The van der Waals surface area contributed by atoms with Crippen molar-refractivity contribution >= 4 is 55.9 Å². The van der Waals surface area contributed by atoms with Crippen molar-refractivity contribution in [2.24, 2.45) is 10.1 Å². The molecule has 8 heteroatoms. The van der Waals surface area contributed by atoms with Crippen molar-refractivity contribution < 1.29 is 4.79 Å². The molecular weight excluding hydrogens is 408 g/mol. The molecule has 24 heavy (non-hydrogen) atoms. The van der Waals surface area contributed by atoms with Crippen LogP contribution in [-0.4, -0.2) is 23.3 Å². The van der Waals surface area contributed by atoms with Crippen molar-refractivity contribution in [1.29, 1.82) is 0 Å². The van der Waals surface area contributed by atoms with Crippen LogP contribution in [0.3, 0.4) is 0 Å². The summed E-state index contributed by atoms with van der Waals surface area (Å²) in [4.78, 5) is 18.4. The maximum absolute atomic E-state index is 12.3. The minimum absolute atomic E-state index is 0.199. The van der Waals surface area contributed by atoms with E-state index in [2.05, 4.69) is 31.3 Å². The molecule has 2 aromatic heterocycles. The van der Waals surface area contributed by atoms with Gasteiger partial charge in [-0.1, -0.05) is 18.2 Å². The first-order valence-electron chi connectivity index (χ1n) is 7.06. The minimum Gasteiger partial charge on any atom is -0.320 e. The summed E-state index contributed by atoms with van der Waals surface area (Å²) < 4.78 is 2.78. The van der Waals surface area contributed by atoms with Crippen molar-refractivity contribution in [3.8, 4) is 10.6 Å². The Bertz CT molecular complexity index is 1040. The second-order valence-corrected chi connectivity index (χ2v) is 8.29. The predicted molar refractivity (Wildman–Crippen MR) is 102 cm³/mol. The average molecular weight is 419 g/mol. The third-order valence-electron chi connectivity index (χ3n) is 3.55. The van der Waals surface area contributed by atoms with Gasteiger partial charge in [-0.3, -0.25) is 9.79 Å². The number of fused-ring (bicyclic) bond motifs is 1. The maximum atomic E-state index is 12.3. The Labute approximate surface area is 154 Å². The van der Waals surface area contributed by atoms with Crippen molar-refractivity contribution in [2.45, 2.75) is 0 Å². The first-order valence-corrected chi connectivity index (χ1v) is 9.55. The summed E-state index contributed by atoms with van der Waals surface area (Å²) in [5.74, 6) is -0.199. The number of carbonyl (C=O) groups excluding carboxylic acids is 1. The molecule has 1 aliphatic heterocycles. The van der Waals surface area contributed by atoms with Crippen LogP contribution in [0.4, 0.5) is 5.69 Å². The topological polar surface area (TPSA) is 58.8 Å². The van der Waals surface area contributed by atoms with Gasteiger partial charge in [-0.15, -0.1) is 22.7 Å². The highest BCUT2D eigenvalue weighted by molar-refractivity contribution is 9.11. The van der Waals surface area contributed by atoms with Crippen LogP contribution in [0.25, 0.3) is 10.6 Å². The van der Waals surface area contributed by atoms with Gasteiger partial charge in [0.05, 0.1) is 20.0 Å². The zero-order chi connectivity index (χ0) is 16.7. The lowest BCUT2D eigenvalue weighted by Gasteiger charge is -2.02. The molecule has 1 aliphatic rings. The monoisotopic (exact) mass is 418 g/mol. The normalized spacial score (nSPS) is 15.8. The Kier molecular flexibility index (Phi) is 3.95. The quantitative estimate of drug-likeness (QED) is 0.676. The number of thiophene rings is 1. The fraction of sp³-hybridized carbons (Fsp3) is 0.0625. The summed E-state index contributed by atoms with van der Waals surface area (Å²) in [5.41, 5.74) is 2.91. The summed E-state index contributed by atoms with van der Waals surface area (Å²) in [6.45, 7) is 0. The van der Waals surface area contributed by atoms with Crippen LogP contribution in [0.2, 0.25) is 0 Å². The number of thiazole rings is 1. The fourth-order valence-electron chi connectivity index (χ4n) is 2.47. The third kappa shape index (κ3) is 2.56. The number of halogens is 1. The molecule has 1 N–H and O–H groups in total. The van der Waals surface area contributed by atoms with Gasteiger partial charge >= 0.3 is 0 Å². The lowest BCUT2D eigenvalue weighted by molar-refractivity contribution is -0.110. The average Bonchev–Trinajstić information content (AvgIpc) is 3.26. The van der Waals surface area contributed by atoms with Gasteiger partial charge < -0.3 is 5.32 Å². The Morgan fingerprint density at radius 2 is 2.04 bits per heavy atom. The van der Waals surface area contributed by atoms with Gasteiger partial charge in [-0.25, -0.2) is 4.68 Å². The smallest absolute Gasteiger partial charge is 0.276 e. The number of hydrogen-bond acceptors (Lipinski definition) is 5. The summed E-state index contributed by atoms with van der Waals surface area (Å²) in [5, 5.41) is 9.48. The lowest BCUT2D eigenvalue weighted by atomic mass is 10.1. The Balaban J connectivity index is 1.92. The molecule has 0 saturated carbocycles. The van der Waals surface area contributed by atoms with Crippen LogP contribution in [-0.2, 0) is 4.79 Å². The highest BCUT2D eigenvalue weighted by Gasteiger charge is 2.26. The molecule has 0 atom stereocenters. The zero-order valence-corrected chi connectivity index (χ0v) is 15.7. The molecule has 3 heterocycles. The van der Waals surface area contributed by atoms with Crippen LogP contribution >= 0.6 is 38.6 Å². The molecule has 0 unspecified atom stereocenters. The van der Waals surface area contributed by atoms with Gasteiger partial charge in [0.1, 0.15) is 0 Å². The van der Waals surface area contributed by atoms with E-state index >= 15 is 0 Å². The molecule has 0 radical (unpaired) electrons. The van der Waals surface area contributed by atoms with E-state index in [0.717, 1.165) is 30.4 Å². The third-order valence-corrected chi connectivity index (χ3v) is 6.10. The number of amides is 1. The number of aromatic nitrogens is 1. The molecule has 120 valence electrons. The second kappa shape index (κ2) is 6.12. The zero-order valence-electron chi connectivity index (χ0n) is 12.5. The number of hydrogen-bond donors (Lipinski definition) is 1. The van der Waals surface area contributed by atoms with E-state index in [0.29, 0.717) is 5.71 Å². The molecule has 4 rings (SSSR count). The summed E-state index contributed by atoms with van der Waals surface area (Å²) >= 11 is 6.60. The van der Waals surface area contributed by atoms with Crippen molar-refractivity contribution in [2.75, 3.05) is 12.4 Å². The molecule has 0 aliphatic carbocycles. The van der Waals surface area contributed by atoms with Gasteiger partial charge in [0.15, 0.2) is 5.71 Å². The maximum Gasteiger partial charge on any atom is 0.276 e. The van der Waals surface area contributed by atoms with E-state index < -0.39 is 0 Å². The Morgan fingerprint density at radius 3 is 2.79 bits per heavy atom. The first kappa shape index (κ1) is 15.5. The van der Waals surface area contributed by atoms with E-state index in [1.54, 1.807) is 23.1 Å². The first-order chi connectivity index (χ1) is 11.7. The molecule has 0 fully saturated rings. The van der Waals surface area contributed by atoms with E-state index in [9.17, 15) is 4.79 Å². The van der Waals surface area contributed by atoms with E-state index in [1.807, 2.05) is 41.8 Å². The van der Waals surface area contributed by atoms with Gasteiger partial charge in [-0.2, -0.15) is 5.10 Å². The van der Waals surface area contributed by atoms with Crippen LogP contribution in [0, 0.1) is 0 Å². The van der Waals surface area contributed by atoms with Crippen molar-refractivity contribution in [1.82, 2.24) is 4.68 Å². The predicted octanol–water partition coefficient (Wildman–Crippen LogP) is 3.78. The SMILES string of the molecule is CN=c1scc(-c2ccc(Br)s2)n1/N=C1/C(=O)Nc2ccccc21. The second-order valence-electron chi connectivity index (χ2n) is 4.99. The summed E-state index contributed by atoms with van der Waals surface area (Å²) in [6.07, 6.45) is 0. The highest BCUT2D eigenvalue weighted by Crippen LogP contribution is 2.32. The number of nitrogens with one attached hydrogen (secondary N) is 1. The Morgan fingerprint density at radius 1 is 1.21 bits per heavy atom. The number of benzene rings is 1. The number of carbonyl (C=O) groups is 1. The number of rotatable bonds is 2.